The number of nitro benzene ring substituents is 1. The first-order valence-corrected chi connectivity index (χ1v) is 7.81. The van der Waals surface area contributed by atoms with Crippen molar-refractivity contribution in [3.63, 3.8) is 0 Å². The smallest absolute Gasteiger partial charge is 0.269 e. The summed E-state index contributed by atoms with van der Waals surface area (Å²) in [6.45, 7) is 2.00. The molecule has 3 N–H and O–H groups in total. The summed E-state index contributed by atoms with van der Waals surface area (Å²) in [6.07, 6.45) is 6.80. The van der Waals surface area contributed by atoms with Crippen molar-refractivity contribution in [1.82, 2.24) is 4.98 Å². The monoisotopic (exact) mass is 321 g/mol. The zero-order valence-electron chi connectivity index (χ0n) is 13.4. The van der Waals surface area contributed by atoms with Crippen LogP contribution >= 0.6 is 0 Å². The second-order valence-corrected chi connectivity index (χ2v) is 5.95. The first-order valence-electron chi connectivity index (χ1n) is 7.81. The van der Waals surface area contributed by atoms with Gasteiger partial charge in [0.05, 0.1) is 10.4 Å². The Labute approximate surface area is 140 Å². The molecule has 1 heterocycles. The van der Waals surface area contributed by atoms with E-state index < -0.39 is 4.92 Å². The minimum atomic E-state index is -0.396. The van der Waals surface area contributed by atoms with Gasteiger partial charge in [0.1, 0.15) is 0 Å². The average molecular weight is 321 g/mol. The third-order valence-corrected chi connectivity index (χ3v) is 3.93. The van der Waals surface area contributed by atoms with E-state index in [0.717, 1.165) is 23.1 Å². The van der Waals surface area contributed by atoms with Crippen LogP contribution in [0.4, 0.5) is 5.69 Å². The van der Waals surface area contributed by atoms with Crippen molar-refractivity contribution in [2.24, 2.45) is 5.73 Å². The van der Waals surface area contributed by atoms with E-state index in [1.54, 1.807) is 12.1 Å². The lowest BCUT2D eigenvalue weighted by Crippen LogP contribution is -2.17. The third kappa shape index (κ3) is 3.36. The number of hydrogen-bond donors (Lipinski definition) is 2. The molecule has 2 aromatic carbocycles. The summed E-state index contributed by atoms with van der Waals surface area (Å²) in [5.74, 6) is 0. The number of aromatic nitrogens is 1. The SMILES string of the molecule is CC(N)Cc1c[nH]c2c(/C=C/c3ccc([N+](=O)[O-])cc3)cccc12. The van der Waals surface area contributed by atoms with Gasteiger partial charge < -0.3 is 10.7 Å². The van der Waals surface area contributed by atoms with Crippen LogP contribution in [-0.4, -0.2) is 15.9 Å². The summed E-state index contributed by atoms with van der Waals surface area (Å²) >= 11 is 0. The molecule has 0 saturated carbocycles. The Hall–Kier alpha value is -2.92. The number of non-ortho nitro benzene ring substituents is 1. The molecule has 1 unspecified atom stereocenters. The normalized spacial score (nSPS) is 12.8. The summed E-state index contributed by atoms with van der Waals surface area (Å²) in [5, 5.41) is 11.9. The molecule has 3 aromatic rings. The van der Waals surface area contributed by atoms with Crippen molar-refractivity contribution < 1.29 is 4.92 Å². The predicted molar refractivity (Wildman–Crippen MR) is 97.7 cm³/mol. The lowest BCUT2D eigenvalue weighted by Gasteiger charge is -2.03. The minimum absolute atomic E-state index is 0.0964. The van der Waals surface area contributed by atoms with Crippen LogP contribution in [0.3, 0.4) is 0 Å². The Bertz CT molecular complexity index is 893. The molecule has 0 aliphatic carbocycles. The van der Waals surface area contributed by atoms with Gasteiger partial charge in [0.25, 0.3) is 5.69 Å². The Balaban J connectivity index is 1.89. The quantitative estimate of drug-likeness (QED) is 0.421. The Kier molecular flexibility index (Phi) is 4.44. The standard InChI is InChI=1S/C19H19N3O2/c1-13(20)11-16-12-21-19-15(3-2-4-18(16)19)8-5-14-6-9-17(10-7-14)22(23)24/h2-10,12-13,21H,11,20H2,1H3/b8-5+. The molecule has 0 saturated heterocycles. The second-order valence-electron chi connectivity index (χ2n) is 5.95. The molecule has 3 rings (SSSR count). The van der Waals surface area contributed by atoms with Gasteiger partial charge in [-0.1, -0.05) is 30.4 Å². The van der Waals surface area contributed by atoms with Gasteiger partial charge in [0.15, 0.2) is 0 Å². The number of fused-ring (bicyclic) bond motifs is 1. The molecule has 5 nitrogen and oxygen atoms in total. The predicted octanol–water partition coefficient (Wildman–Crippen LogP) is 4.14. The summed E-state index contributed by atoms with van der Waals surface area (Å²) in [6, 6.07) is 12.8. The molecule has 0 spiro atoms. The number of nitro groups is 1. The minimum Gasteiger partial charge on any atom is -0.360 e. The Morgan fingerprint density at radius 3 is 2.62 bits per heavy atom. The van der Waals surface area contributed by atoms with Crippen molar-refractivity contribution in [3.05, 3.63) is 75.5 Å². The molecule has 1 aromatic heterocycles. The highest BCUT2D eigenvalue weighted by Crippen LogP contribution is 2.24. The number of rotatable bonds is 5. The molecule has 0 bridgehead atoms. The van der Waals surface area contributed by atoms with E-state index in [9.17, 15) is 10.1 Å². The van der Waals surface area contributed by atoms with E-state index in [1.165, 1.54) is 23.1 Å². The van der Waals surface area contributed by atoms with E-state index in [4.69, 9.17) is 5.73 Å². The van der Waals surface area contributed by atoms with Gasteiger partial charge in [-0.25, -0.2) is 0 Å². The van der Waals surface area contributed by atoms with E-state index in [2.05, 4.69) is 11.1 Å². The number of para-hydroxylation sites is 1. The maximum Gasteiger partial charge on any atom is 0.269 e. The van der Waals surface area contributed by atoms with Crippen LogP contribution in [0, 0.1) is 10.1 Å². The molecule has 1 atom stereocenters. The summed E-state index contributed by atoms with van der Waals surface area (Å²) in [5.41, 5.74) is 10.3. The fraction of sp³-hybridized carbons (Fsp3) is 0.158. The average Bonchev–Trinajstić information content (AvgIpc) is 2.96. The number of H-pyrrole nitrogens is 1. The largest absolute Gasteiger partial charge is 0.360 e. The van der Waals surface area contributed by atoms with E-state index in [0.29, 0.717) is 0 Å². The van der Waals surface area contributed by atoms with Crippen molar-refractivity contribution in [1.29, 1.82) is 0 Å². The van der Waals surface area contributed by atoms with E-state index in [1.807, 2.05) is 37.4 Å². The summed E-state index contributed by atoms with van der Waals surface area (Å²) < 4.78 is 0. The highest BCUT2D eigenvalue weighted by atomic mass is 16.6. The van der Waals surface area contributed by atoms with E-state index in [-0.39, 0.29) is 11.7 Å². The number of nitrogens with two attached hydrogens (primary N) is 1. The Morgan fingerprint density at radius 2 is 1.96 bits per heavy atom. The highest BCUT2D eigenvalue weighted by Gasteiger charge is 2.08. The van der Waals surface area contributed by atoms with Crippen LogP contribution in [0.1, 0.15) is 23.6 Å². The Morgan fingerprint density at radius 1 is 1.21 bits per heavy atom. The van der Waals surface area contributed by atoms with Gasteiger partial charge in [-0.15, -0.1) is 0 Å². The zero-order chi connectivity index (χ0) is 17.1. The molecule has 5 heteroatoms. The summed E-state index contributed by atoms with van der Waals surface area (Å²) in [7, 11) is 0. The van der Waals surface area contributed by atoms with Gasteiger partial charge in [-0.2, -0.15) is 0 Å². The van der Waals surface area contributed by atoms with Crippen LogP contribution in [0.25, 0.3) is 23.1 Å². The van der Waals surface area contributed by atoms with Crippen LogP contribution in [0.5, 0.6) is 0 Å². The highest BCUT2D eigenvalue weighted by molar-refractivity contribution is 5.92. The van der Waals surface area contributed by atoms with Gasteiger partial charge >= 0.3 is 0 Å². The molecule has 0 aliphatic heterocycles. The lowest BCUT2D eigenvalue weighted by atomic mass is 10.0. The van der Waals surface area contributed by atoms with Gasteiger partial charge in [-0.3, -0.25) is 10.1 Å². The maximum atomic E-state index is 10.7. The van der Waals surface area contributed by atoms with Crippen LogP contribution in [0.15, 0.2) is 48.7 Å². The lowest BCUT2D eigenvalue weighted by molar-refractivity contribution is -0.384. The molecule has 0 aliphatic rings. The van der Waals surface area contributed by atoms with E-state index >= 15 is 0 Å². The second kappa shape index (κ2) is 6.68. The summed E-state index contributed by atoms with van der Waals surface area (Å²) in [4.78, 5) is 13.6. The first kappa shape index (κ1) is 16.0. The van der Waals surface area contributed by atoms with Crippen molar-refractivity contribution >= 4 is 28.7 Å². The number of hydrogen-bond acceptors (Lipinski definition) is 3. The zero-order valence-corrected chi connectivity index (χ0v) is 13.4. The molecule has 0 radical (unpaired) electrons. The van der Waals surface area contributed by atoms with Crippen LogP contribution in [0.2, 0.25) is 0 Å². The van der Waals surface area contributed by atoms with Gasteiger partial charge in [0.2, 0.25) is 0 Å². The number of aromatic amines is 1. The molecular formula is C19H19N3O2. The fourth-order valence-electron chi connectivity index (χ4n) is 2.78. The third-order valence-electron chi connectivity index (χ3n) is 3.93. The van der Waals surface area contributed by atoms with Crippen LogP contribution in [-0.2, 0) is 6.42 Å². The number of nitrogens with one attached hydrogen (secondary N) is 1. The van der Waals surface area contributed by atoms with Gasteiger partial charge in [0, 0.05) is 29.8 Å². The molecule has 122 valence electrons. The van der Waals surface area contributed by atoms with Crippen LogP contribution < -0.4 is 5.73 Å². The topological polar surface area (TPSA) is 85.0 Å². The van der Waals surface area contributed by atoms with Crippen molar-refractivity contribution in [2.45, 2.75) is 19.4 Å². The van der Waals surface area contributed by atoms with Crippen molar-refractivity contribution in [3.8, 4) is 0 Å². The van der Waals surface area contributed by atoms with Crippen molar-refractivity contribution in [2.75, 3.05) is 0 Å². The molecule has 24 heavy (non-hydrogen) atoms. The number of benzene rings is 2. The fourth-order valence-corrected chi connectivity index (χ4v) is 2.78. The molecule has 0 fully saturated rings. The molecular weight excluding hydrogens is 302 g/mol. The number of nitrogens with zero attached hydrogens (tertiary/aromatic N) is 1. The molecule has 0 amide bonds. The first-order chi connectivity index (χ1) is 11.5. The maximum absolute atomic E-state index is 10.7. The van der Waals surface area contributed by atoms with Gasteiger partial charge in [-0.05, 0) is 42.2 Å².